The van der Waals surface area contributed by atoms with Gasteiger partial charge >= 0.3 is 0 Å². The molecule has 1 aromatic heterocycles. The predicted molar refractivity (Wildman–Crippen MR) is 83.1 cm³/mol. The van der Waals surface area contributed by atoms with Crippen molar-refractivity contribution in [3.05, 3.63) is 50.4 Å². The number of benzene rings is 1. The van der Waals surface area contributed by atoms with Gasteiger partial charge in [-0.3, -0.25) is 0 Å². The standard InChI is InChI=1S/C14H16BrFN2S/c1-9(17)11-3-4-13(12(16)6-11)18(2)7-10-5-14(15)19-8-10/h3-6,8-9H,7,17H2,1-2H3. The lowest BCUT2D eigenvalue weighted by molar-refractivity contribution is 0.617. The second-order valence-electron chi connectivity index (χ2n) is 4.61. The molecule has 2 aromatic rings. The van der Waals surface area contributed by atoms with E-state index in [-0.39, 0.29) is 11.9 Å². The topological polar surface area (TPSA) is 29.3 Å². The molecule has 1 aromatic carbocycles. The van der Waals surface area contributed by atoms with Gasteiger partial charge in [0.1, 0.15) is 5.82 Å². The van der Waals surface area contributed by atoms with E-state index >= 15 is 0 Å². The summed E-state index contributed by atoms with van der Waals surface area (Å²) in [6, 6.07) is 7.08. The maximum atomic E-state index is 14.1. The molecule has 0 saturated carbocycles. The fraction of sp³-hybridized carbons (Fsp3) is 0.286. The molecule has 0 aliphatic carbocycles. The van der Waals surface area contributed by atoms with Gasteiger partial charge in [-0.05, 0) is 57.6 Å². The smallest absolute Gasteiger partial charge is 0.146 e. The molecule has 102 valence electrons. The van der Waals surface area contributed by atoms with Crippen LogP contribution in [0, 0.1) is 5.82 Å². The maximum absolute atomic E-state index is 14.1. The van der Waals surface area contributed by atoms with Gasteiger partial charge in [-0.25, -0.2) is 4.39 Å². The molecule has 0 radical (unpaired) electrons. The van der Waals surface area contributed by atoms with Gasteiger partial charge in [-0.15, -0.1) is 11.3 Å². The van der Waals surface area contributed by atoms with Gasteiger partial charge < -0.3 is 10.6 Å². The minimum Gasteiger partial charge on any atom is -0.368 e. The summed E-state index contributed by atoms with van der Waals surface area (Å²) < 4.78 is 15.2. The predicted octanol–water partition coefficient (Wildman–Crippen LogP) is 4.31. The Bertz CT molecular complexity index is 568. The highest BCUT2D eigenvalue weighted by Crippen LogP contribution is 2.26. The minimum atomic E-state index is -0.230. The molecule has 0 saturated heterocycles. The average Bonchev–Trinajstić information content (AvgIpc) is 2.74. The number of hydrogen-bond donors (Lipinski definition) is 1. The molecule has 19 heavy (non-hydrogen) atoms. The molecular formula is C14H16BrFN2S. The first-order valence-electron chi connectivity index (χ1n) is 5.96. The Hall–Kier alpha value is -0.910. The van der Waals surface area contributed by atoms with Crippen molar-refractivity contribution in [1.29, 1.82) is 0 Å². The van der Waals surface area contributed by atoms with E-state index in [1.807, 2.05) is 24.9 Å². The molecule has 1 atom stereocenters. The first-order valence-corrected chi connectivity index (χ1v) is 7.63. The molecule has 2 rings (SSSR count). The summed E-state index contributed by atoms with van der Waals surface area (Å²) in [7, 11) is 1.88. The monoisotopic (exact) mass is 342 g/mol. The lowest BCUT2D eigenvalue weighted by atomic mass is 10.1. The largest absolute Gasteiger partial charge is 0.368 e. The van der Waals surface area contributed by atoms with Crippen LogP contribution in [0.1, 0.15) is 24.1 Å². The Labute approximate surface area is 125 Å². The molecule has 5 heteroatoms. The molecule has 2 N–H and O–H groups in total. The van der Waals surface area contributed by atoms with Gasteiger partial charge in [-0.1, -0.05) is 6.07 Å². The van der Waals surface area contributed by atoms with E-state index in [4.69, 9.17) is 5.73 Å². The molecule has 2 nitrogen and oxygen atoms in total. The summed E-state index contributed by atoms with van der Waals surface area (Å²) in [4.78, 5) is 1.90. The number of nitrogens with two attached hydrogens (primary N) is 1. The zero-order valence-electron chi connectivity index (χ0n) is 10.9. The summed E-state index contributed by atoms with van der Waals surface area (Å²) in [5.74, 6) is -0.230. The van der Waals surface area contributed by atoms with E-state index in [2.05, 4.69) is 27.4 Å². The summed E-state index contributed by atoms with van der Waals surface area (Å²) in [6.45, 7) is 2.53. The van der Waals surface area contributed by atoms with Crippen molar-refractivity contribution >= 4 is 33.0 Å². The SMILES string of the molecule is CC(N)c1ccc(N(C)Cc2csc(Br)c2)c(F)c1. The summed E-state index contributed by atoms with van der Waals surface area (Å²) in [6.07, 6.45) is 0. The minimum absolute atomic E-state index is 0.151. The molecule has 1 unspecified atom stereocenters. The first kappa shape index (κ1) is 14.5. The van der Waals surface area contributed by atoms with E-state index in [0.717, 1.165) is 14.9 Å². The van der Waals surface area contributed by atoms with Gasteiger partial charge in [-0.2, -0.15) is 0 Å². The van der Waals surface area contributed by atoms with Crippen molar-refractivity contribution in [3.8, 4) is 0 Å². The van der Waals surface area contributed by atoms with Crippen LogP contribution in [-0.4, -0.2) is 7.05 Å². The lowest BCUT2D eigenvalue weighted by Crippen LogP contribution is -2.17. The Morgan fingerprint density at radius 3 is 2.68 bits per heavy atom. The molecule has 0 amide bonds. The highest BCUT2D eigenvalue weighted by atomic mass is 79.9. The molecule has 0 aliphatic rings. The third-order valence-electron chi connectivity index (χ3n) is 2.95. The molecule has 1 heterocycles. The van der Waals surface area contributed by atoms with E-state index in [9.17, 15) is 4.39 Å². The fourth-order valence-electron chi connectivity index (χ4n) is 1.90. The summed E-state index contributed by atoms with van der Waals surface area (Å²) in [5.41, 5.74) is 8.32. The van der Waals surface area contributed by atoms with E-state index < -0.39 is 0 Å². The zero-order valence-corrected chi connectivity index (χ0v) is 13.3. The maximum Gasteiger partial charge on any atom is 0.146 e. The van der Waals surface area contributed by atoms with Crippen LogP contribution in [-0.2, 0) is 6.54 Å². The summed E-state index contributed by atoms with van der Waals surface area (Å²) in [5, 5.41) is 2.06. The van der Waals surface area contributed by atoms with Gasteiger partial charge in [0.25, 0.3) is 0 Å². The van der Waals surface area contributed by atoms with E-state index in [0.29, 0.717) is 12.2 Å². The molecule has 0 spiro atoms. The van der Waals surface area contributed by atoms with Crippen molar-refractivity contribution in [1.82, 2.24) is 0 Å². The van der Waals surface area contributed by atoms with Crippen LogP contribution < -0.4 is 10.6 Å². The number of rotatable bonds is 4. The zero-order chi connectivity index (χ0) is 14.0. The Balaban J connectivity index is 2.17. The Morgan fingerprint density at radius 1 is 1.42 bits per heavy atom. The van der Waals surface area contributed by atoms with Crippen LogP contribution in [0.3, 0.4) is 0 Å². The van der Waals surface area contributed by atoms with Gasteiger partial charge in [0.2, 0.25) is 0 Å². The van der Waals surface area contributed by atoms with E-state index in [1.54, 1.807) is 17.4 Å². The van der Waals surface area contributed by atoms with Gasteiger partial charge in [0, 0.05) is 19.6 Å². The highest BCUT2D eigenvalue weighted by Gasteiger charge is 2.11. The number of anilines is 1. The lowest BCUT2D eigenvalue weighted by Gasteiger charge is -2.20. The third-order valence-corrected chi connectivity index (χ3v) is 4.50. The number of hydrogen-bond acceptors (Lipinski definition) is 3. The Morgan fingerprint density at radius 2 is 2.16 bits per heavy atom. The number of nitrogens with zero attached hydrogens (tertiary/aromatic N) is 1. The van der Waals surface area contributed by atoms with Crippen LogP contribution in [0.5, 0.6) is 0 Å². The average molecular weight is 343 g/mol. The van der Waals surface area contributed by atoms with Crippen LogP contribution in [0.15, 0.2) is 33.4 Å². The quantitative estimate of drug-likeness (QED) is 0.897. The fourth-order valence-corrected chi connectivity index (χ4v) is 3.10. The van der Waals surface area contributed by atoms with Crippen molar-refractivity contribution in [2.24, 2.45) is 5.73 Å². The molecular weight excluding hydrogens is 327 g/mol. The highest BCUT2D eigenvalue weighted by molar-refractivity contribution is 9.11. The van der Waals surface area contributed by atoms with Crippen LogP contribution in [0.25, 0.3) is 0 Å². The normalized spacial score (nSPS) is 12.5. The Kier molecular flexibility index (Phi) is 4.60. The van der Waals surface area contributed by atoms with Crippen molar-refractivity contribution < 1.29 is 4.39 Å². The van der Waals surface area contributed by atoms with Gasteiger partial charge in [0.15, 0.2) is 0 Å². The molecule has 0 aliphatic heterocycles. The second-order valence-corrected chi connectivity index (χ2v) is 6.91. The number of halogens is 2. The number of thiophene rings is 1. The second kappa shape index (κ2) is 6.03. The first-order chi connectivity index (χ1) is 8.97. The van der Waals surface area contributed by atoms with Crippen molar-refractivity contribution in [2.45, 2.75) is 19.5 Å². The van der Waals surface area contributed by atoms with Crippen molar-refractivity contribution in [2.75, 3.05) is 11.9 Å². The third kappa shape index (κ3) is 3.55. The molecule has 0 bridgehead atoms. The van der Waals surface area contributed by atoms with Crippen LogP contribution in [0.4, 0.5) is 10.1 Å². The summed E-state index contributed by atoms with van der Waals surface area (Å²) >= 11 is 5.06. The van der Waals surface area contributed by atoms with Crippen molar-refractivity contribution in [3.63, 3.8) is 0 Å². The molecule has 0 fully saturated rings. The van der Waals surface area contributed by atoms with Crippen LogP contribution in [0.2, 0.25) is 0 Å². The van der Waals surface area contributed by atoms with E-state index in [1.165, 1.54) is 6.07 Å². The van der Waals surface area contributed by atoms with Crippen LogP contribution >= 0.6 is 27.3 Å². The van der Waals surface area contributed by atoms with Gasteiger partial charge in [0.05, 0.1) is 9.47 Å².